The topological polar surface area (TPSA) is 93.5 Å². The van der Waals surface area contributed by atoms with Gasteiger partial charge in [0, 0.05) is 65.1 Å². The zero-order chi connectivity index (χ0) is 35.4. The second-order valence-electron chi connectivity index (χ2n) is 14.0. The number of ketones is 1. The van der Waals surface area contributed by atoms with E-state index in [2.05, 4.69) is 51.8 Å². The van der Waals surface area contributed by atoms with E-state index in [4.69, 9.17) is 14.4 Å². The van der Waals surface area contributed by atoms with Crippen LogP contribution in [0.3, 0.4) is 0 Å². The van der Waals surface area contributed by atoms with Gasteiger partial charge in [-0.05, 0) is 62.9 Å². The summed E-state index contributed by atoms with van der Waals surface area (Å²) in [7, 11) is 0. The monoisotopic (exact) mass is 857 g/mol. The molecule has 2 aromatic carbocycles. The predicted octanol–water partition coefficient (Wildman–Crippen LogP) is 11.5. The number of hydrogen-bond acceptors (Lipinski definition) is 6. The SMILES string of the molecule is CCC(C)(CC)C(=O)/C=C(\O)C(C)(CC)CC.Cc1ccc2c(n1)oc1c3c(-c4ccc5ccccc5n4)ncc4c5ccccc5n(c21)c43.[Ir]. The Bertz CT molecular complexity index is 2570. The fraction of sp³-hybridized carbons (Fsp3) is 0.302. The third-order valence-corrected chi connectivity index (χ3v) is 11.3. The Labute approximate surface area is 311 Å². The maximum absolute atomic E-state index is 12.2. The van der Waals surface area contributed by atoms with Crippen LogP contribution < -0.4 is 0 Å². The first-order valence-electron chi connectivity index (χ1n) is 17.7. The Morgan fingerprint density at radius 3 is 2.22 bits per heavy atom. The van der Waals surface area contributed by atoms with E-state index in [9.17, 15) is 9.90 Å². The van der Waals surface area contributed by atoms with Gasteiger partial charge < -0.3 is 13.9 Å². The predicted molar refractivity (Wildman–Crippen MR) is 205 cm³/mol. The summed E-state index contributed by atoms with van der Waals surface area (Å²) in [6.45, 7) is 14.1. The molecule has 0 aliphatic heterocycles. The molecule has 8 aromatic rings. The normalized spacial score (nSPS) is 12.6. The van der Waals surface area contributed by atoms with Crippen LogP contribution in [0.25, 0.3) is 71.7 Å². The van der Waals surface area contributed by atoms with Crippen LogP contribution in [0, 0.1) is 17.8 Å². The van der Waals surface area contributed by atoms with Crippen LogP contribution in [-0.2, 0) is 24.9 Å². The second kappa shape index (κ2) is 13.8. The van der Waals surface area contributed by atoms with Gasteiger partial charge in [0.25, 0.3) is 0 Å². The number of pyridine rings is 3. The van der Waals surface area contributed by atoms with E-state index >= 15 is 0 Å². The average molecular weight is 857 g/mol. The fourth-order valence-corrected chi connectivity index (χ4v) is 6.92. The van der Waals surface area contributed by atoms with E-state index in [-0.39, 0.29) is 42.5 Å². The van der Waals surface area contributed by atoms with E-state index in [0.717, 1.165) is 92.0 Å². The molecule has 1 radical (unpaired) electrons. The summed E-state index contributed by atoms with van der Waals surface area (Å²) in [6, 6.07) is 24.9. The number of fused-ring (bicyclic) bond motifs is 9. The number of hydrogen-bond donors (Lipinski definition) is 1. The number of furan rings is 1. The van der Waals surface area contributed by atoms with Gasteiger partial charge in [0.15, 0.2) is 11.4 Å². The summed E-state index contributed by atoms with van der Waals surface area (Å²) >= 11 is 0. The molecule has 1 N–H and O–H groups in total. The summed E-state index contributed by atoms with van der Waals surface area (Å²) in [5, 5.41) is 15.5. The molecule has 0 amide bonds. The van der Waals surface area contributed by atoms with E-state index < -0.39 is 0 Å². The number of allylic oxidation sites excluding steroid dienone is 2. The maximum atomic E-state index is 12.2. The summed E-state index contributed by atoms with van der Waals surface area (Å²) in [5.41, 5.74) is 7.69. The van der Waals surface area contributed by atoms with E-state index in [0.29, 0.717) is 5.71 Å². The minimum atomic E-state index is -0.337. The van der Waals surface area contributed by atoms with Crippen LogP contribution in [0.1, 0.15) is 72.9 Å². The number of aliphatic hydroxyl groups excluding tert-OH is 1. The van der Waals surface area contributed by atoms with Crippen molar-refractivity contribution in [1.82, 2.24) is 19.4 Å². The molecule has 0 aliphatic carbocycles. The smallest absolute Gasteiger partial charge is 0.229 e. The van der Waals surface area contributed by atoms with E-state index in [1.165, 1.54) is 11.5 Å². The first-order valence-corrected chi connectivity index (χ1v) is 17.7. The van der Waals surface area contributed by atoms with Crippen LogP contribution in [-0.4, -0.2) is 30.2 Å². The summed E-state index contributed by atoms with van der Waals surface area (Å²) in [6.07, 6.45) is 6.73. The zero-order valence-corrected chi connectivity index (χ0v) is 32.7. The van der Waals surface area contributed by atoms with Crippen molar-refractivity contribution in [3.8, 4) is 11.4 Å². The van der Waals surface area contributed by atoms with Crippen LogP contribution in [0.4, 0.5) is 0 Å². The standard InChI is InChI=1S/C28H16N4O.C15H28O2.Ir/c1-15-10-12-18-26-27(33-28(18)30-15)23-24(21-13-11-16-6-2-4-8-20(16)31-21)29-14-19-17-7-3-5-9-22(17)32(26)25(19)23;1-7-14(5,8-2)12(16)11-13(17)15(6,9-3)10-4;/h2-14H,1H3;11,16H,7-10H2,1-6H3;/b;12-11-;. The summed E-state index contributed by atoms with van der Waals surface area (Å²) in [5.74, 6) is 0.286. The molecule has 8 heteroatoms. The Hall–Kier alpha value is -4.65. The maximum Gasteiger partial charge on any atom is 0.229 e. The molecule has 51 heavy (non-hydrogen) atoms. The number of para-hydroxylation sites is 2. The number of nitrogens with zero attached hydrogens (tertiary/aromatic N) is 4. The number of rotatable bonds is 8. The van der Waals surface area contributed by atoms with Crippen molar-refractivity contribution in [1.29, 1.82) is 0 Å². The van der Waals surface area contributed by atoms with Crippen molar-refractivity contribution < 1.29 is 34.4 Å². The van der Waals surface area contributed by atoms with Crippen LogP contribution in [0.5, 0.6) is 0 Å². The molecule has 0 unspecified atom stereocenters. The van der Waals surface area contributed by atoms with Crippen molar-refractivity contribution in [2.45, 2.75) is 74.1 Å². The van der Waals surface area contributed by atoms with Gasteiger partial charge in [-0.25, -0.2) is 9.97 Å². The van der Waals surface area contributed by atoms with Crippen molar-refractivity contribution in [3.63, 3.8) is 0 Å². The van der Waals surface area contributed by atoms with E-state index in [1.54, 1.807) is 0 Å². The molecular formula is C43H44IrN4O3. The van der Waals surface area contributed by atoms with Crippen molar-refractivity contribution in [2.24, 2.45) is 10.8 Å². The largest absolute Gasteiger partial charge is 0.512 e. The van der Waals surface area contributed by atoms with Crippen LogP contribution >= 0.6 is 0 Å². The van der Waals surface area contributed by atoms with Crippen molar-refractivity contribution in [3.05, 3.63) is 96.5 Å². The molecule has 0 saturated heterocycles. The number of aliphatic hydroxyl groups is 1. The first-order chi connectivity index (χ1) is 24.1. The quantitative estimate of drug-likeness (QED) is 0.121. The Balaban J connectivity index is 0.000000215. The summed E-state index contributed by atoms with van der Waals surface area (Å²) in [4.78, 5) is 26.7. The molecule has 0 saturated carbocycles. The van der Waals surface area contributed by atoms with Gasteiger partial charge in [-0.1, -0.05) is 84.0 Å². The van der Waals surface area contributed by atoms with Gasteiger partial charge in [-0.15, -0.1) is 0 Å². The molecule has 0 atom stereocenters. The van der Waals surface area contributed by atoms with Crippen molar-refractivity contribution in [2.75, 3.05) is 0 Å². The number of carbonyl (C=O) groups is 1. The van der Waals surface area contributed by atoms with Gasteiger partial charge in [0.1, 0.15) is 17.0 Å². The fourth-order valence-electron chi connectivity index (χ4n) is 6.92. The van der Waals surface area contributed by atoms with Crippen LogP contribution in [0.15, 0.2) is 95.2 Å². The van der Waals surface area contributed by atoms with Crippen LogP contribution in [0.2, 0.25) is 0 Å². The molecule has 263 valence electrons. The second-order valence-corrected chi connectivity index (χ2v) is 14.0. The molecular weight excluding hydrogens is 813 g/mol. The number of aromatic nitrogens is 4. The Morgan fingerprint density at radius 1 is 0.804 bits per heavy atom. The Morgan fingerprint density at radius 2 is 1.49 bits per heavy atom. The minimum Gasteiger partial charge on any atom is -0.512 e. The number of aryl methyl sites for hydroxylation is 1. The number of benzene rings is 2. The molecule has 8 rings (SSSR count). The number of carbonyl (C=O) groups excluding carboxylic acids is 1. The summed E-state index contributed by atoms with van der Waals surface area (Å²) < 4.78 is 8.73. The molecule has 0 spiro atoms. The third-order valence-electron chi connectivity index (χ3n) is 11.3. The van der Waals surface area contributed by atoms with E-state index in [1.807, 2.05) is 85.0 Å². The molecule has 7 nitrogen and oxygen atoms in total. The Kier molecular flexibility index (Phi) is 9.79. The molecule has 6 aromatic heterocycles. The molecule has 0 aliphatic rings. The minimum absolute atomic E-state index is 0. The average Bonchev–Trinajstić information content (AvgIpc) is 3.79. The van der Waals surface area contributed by atoms with Gasteiger partial charge in [0.2, 0.25) is 5.71 Å². The van der Waals surface area contributed by atoms with Gasteiger partial charge >= 0.3 is 0 Å². The van der Waals surface area contributed by atoms with Gasteiger partial charge in [-0.3, -0.25) is 9.78 Å². The third kappa shape index (κ3) is 5.88. The first kappa shape index (κ1) is 36.2. The van der Waals surface area contributed by atoms with Crippen molar-refractivity contribution >= 4 is 66.1 Å². The van der Waals surface area contributed by atoms with Gasteiger partial charge in [-0.2, -0.15) is 0 Å². The van der Waals surface area contributed by atoms with Gasteiger partial charge in [0.05, 0.1) is 33.0 Å². The zero-order valence-electron chi connectivity index (χ0n) is 30.3. The molecule has 0 bridgehead atoms. The molecule has 0 fully saturated rings. The molecule has 6 heterocycles.